The van der Waals surface area contributed by atoms with Crippen LogP contribution >= 0.6 is 0 Å². The standard InChI is InChI=1S/C11H16FNO/c1-3-6-13(2)8-9-4-5-11(14)10(12)7-9/h4-5,7,14H,3,6,8H2,1-2H3. The first-order valence-corrected chi connectivity index (χ1v) is 4.79. The molecule has 14 heavy (non-hydrogen) atoms. The first kappa shape index (κ1) is 11.0. The van der Waals surface area contributed by atoms with E-state index < -0.39 is 5.82 Å². The van der Waals surface area contributed by atoms with Crippen molar-refractivity contribution < 1.29 is 9.50 Å². The van der Waals surface area contributed by atoms with Gasteiger partial charge in [-0.3, -0.25) is 0 Å². The number of rotatable bonds is 4. The zero-order valence-electron chi connectivity index (χ0n) is 8.63. The summed E-state index contributed by atoms with van der Waals surface area (Å²) in [5.41, 5.74) is 0.885. The lowest BCUT2D eigenvalue weighted by molar-refractivity contribution is 0.326. The Morgan fingerprint density at radius 3 is 2.71 bits per heavy atom. The second kappa shape index (κ2) is 4.96. The van der Waals surface area contributed by atoms with Crippen molar-refractivity contribution in [2.45, 2.75) is 19.9 Å². The number of phenolic OH excluding ortho intramolecular Hbond substituents is 1. The molecule has 0 aliphatic rings. The van der Waals surface area contributed by atoms with Gasteiger partial charge in [-0.2, -0.15) is 0 Å². The molecule has 0 aromatic heterocycles. The van der Waals surface area contributed by atoms with Crippen molar-refractivity contribution in [3.8, 4) is 5.75 Å². The third kappa shape index (κ3) is 3.00. The van der Waals surface area contributed by atoms with Gasteiger partial charge in [-0.15, -0.1) is 0 Å². The summed E-state index contributed by atoms with van der Waals surface area (Å²) in [5.74, 6) is -0.834. The Kier molecular flexibility index (Phi) is 3.89. The van der Waals surface area contributed by atoms with Crippen LogP contribution in [0.2, 0.25) is 0 Å². The van der Waals surface area contributed by atoms with Crippen LogP contribution in [0.15, 0.2) is 18.2 Å². The van der Waals surface area contributed by atoms with Crippen LogP contribution < -0.4 is 0 Å². The van der Waals surface area contributed by atoms with E-state index in [0.717, 1.165) is 18.5 Å². The molecule has 0 radical (unpaired) electrons. The van der Waals surface area contributed by atoms with Crippen molar-refractivity contribution in [2.24, 2.45) is 0 Å². The molecular formula is C11H16FNO. The van der Waals surface area contributed by atoms with Crippen molar-refractivity contribution in [3.05, 3.63) is 29.6 Å². The van der Waals surface area contributed by atoms with E-state index in [1.165, 1.54) is 12.1 Å². The molecule has 1 rings (SSSR count). The lowest BCUT2D eigenvalue weighted by Crippen LogP contribution is -2.18. The van der Waals surface area contributed by atoms with Gasteiger partial charge in [0.1, 0.15) is 0 Å². The van der Waals surface area contributed by atoms with Crippen molar-refractivity contribution in [1.82, 2.24) is 4.90 Å². The summed E-state index contributed by atoms with van der Waals surface area (Å²) in [6.07, 6.45) is 1.08. The Bertz CT molecular complexity index is 301. The van der Waals surface area contributed by atoms with E-state index in [4.69, 9.17) is 5.11 Å². The summed E-state index contributed by atoms with van der Waals surface area (Å²) < 4.78 is 12.9. The lowest BCUT2D eigenvalue weighted by atomic mass is 10.2. The molecule has 78 valence electrons. The van der Waals surface area contributed by atoms with Gasteiger partial charge in [0.2, 0.25) is 0 Å². The minimum Gasteiger partial charge on any atom is -0.505 e. The highest BCUT2D eigenvalue weighted by molar-refractivity contribution is 5.27. The molecule has 0 aliphatic heterocycles. The molecule has 1 N–H and O–H groups in total. The highest BCUT2D eigenvalue weighted by Gasteiger charge is 2.03. The average Bonchev–Trinajstić information content (AvgIpc) is 2.12. The number of hydrogen-bond donors (Lipinski definition) is 1. The third-order valence-electron chi connectivity index (χ3n) is 2.07. The summed E-state index contributed by atoms with van der Waals surface area (Å²) >= 11 is 0. The summed E-state index contributed by atoms with van der Waals surface area (Å²) in [4.78, 5) is 2.12. The Hall–Kier alpha value is -1.09. The van der Waals surface area contributed by atoms with E-state index in [1.807, 2.05) is 7.05 Å². The van der Waals surface area contributed by atoms with Gasteiger partial charge in [-0.05, 0) is 37.7 Å². The molecule has 2 nitrogen and oxygen atoms in total. The maximum absolute atomic E-state index is 12.9. The maximum Gasteiger partial charge on any atom is 0.165 e. The number of aromatic hydroxyl groups is 1. The van der Waals surface area contributed by atoms with Crippen LogP contribution in [0.5, 0.6) is 5.75 Å². The zero-order valence-corrected chi connectivity index (χ0v) is 8.63. The molecule has 1 aromatic carbocycles. The summed E-state index contributed by atoms with van der Waals surface area (Å²) in [5, 5.41) is 8.99. The summed E-state index contributed by atoms with van der Waals surface area (Å²) in [6.45, 7) is 3.81. The summed E-state index contributed by atoms with van der Waals surface area (Å²) in [7, 11) is 1.99. The Morgan fingerprint density at radius 1 is 1.43 bits per heavy atom. The van der Waals surface area contributed by atoms with Crippen molar-refractivity contribution in [2.75, 3.05) is 13.6 Å². The van der Waals surface area contributed by atoms with Crippen LogP contribution in [0.1, 0.15) is 18.9 Å². The number of nitrogens with zero attached hydrogens (tertiary/aromatic N) is 1. The van der Waals surface area contributed by atoms with Crippen LogP contribution in [-0.2, 0) is 6.54 Å². The fraction of sp³-hybridized carbons (Fsp3) is 0.455. The van der Waals surface area contributed by atoms with Gasteiger partial charge in [0.15, 0.2) is 11.6 Å². The number of halogens is 1. The molecule has 3 heteroatoms. The molecule has 0 bridgehead atoms. The fourth-order valence-electron chi connectivity index (χ4n) is 1.42. The Balaban J connectivity index is 2.63. The van der Waals surface area contributed by atoms with Gasteiger partial charge >= 0.3 is 0 Å². The Morgan fingerprint density at radius 2 is 2.14 bits per heavy atom. The third-order valence-corrected chi connectivity index (χ3v) is 2.07. The van der Waals surface area contributed by atoms with Crippen molar-refractivity contribution >= 4 is 0 Å². The number of benzene rings is 1. The Labute approximate surface area is 84.0 Å². The van der Waals surface area contributed by atoms with E-state index in [-0.39, 0.29) is 5.75 Å². The molecule has 1 aromatic rings. The quantitative estimate of drug-likeness (QED) is 0.801. The largest absolute Gasteiger partial charge is 0.505 e. The van der Waals surface area contributed by atoms with Crippen LogP contribution in [0.25, 0.3) is 0 Å². The van der Waals surface area contributed by atoms with E-state index in [2.05, 4.69) is 11.8 Å². The average molecular weight is 197 g/mol. The van der Waals surface area contributed by atoms with Crippen LogP contribution in [0.3, 0.4) is 0 Å². The molecule has 0 aliphatic carbocycles. The topological polar surface area (TPSA) is 23.5 Å². The van der Waals surface area contributed by atoms with Crippen molar-refractivity contribution in [3.63, 3.8) is 0 Å². The monoisotopic (exact) mass is 197 g/mol. The lowest BCUT2D eigenvalue weighted by Gasteiger charge is -2.15. The maximum atomic E-state index is 12.9. The molecule has 0 amide bonds. The fourth-order valence-corrected chi connectivity index (χ4v) is 1.42. The second-order valence-electron chi connectivity index (χ2n) is 3.52. The number of hydrogen-bond acceptors (Lipinski definition) is 2. The van der Waals surface area contributed by atoms with Crippen molar-refractivity contribution in [1.29, 1.82) is 0 Å². The van der Waals surface area contributed by atoms with Gasteiger partial charge in [-0.1, -0.05) is 13.0 Å². The van der Waals surface area contributed by atoms with E-state index in [0.29, 0.717) is 6.54 Å². The van der Waals surface area contributed by atoms with Gasteiger partial charge in [0, 0.05) is 6.54 Å². The van der Waals surface area contributed by atoms with E-state index >= 15 is 0 Å². The normalized spacial score (nSPS) is 10.9. The summed E-state index contributed by atoms with van der Waals surface area (Å²) in [6, 6.07) is 4.51. The molecule has 0 fully saturated rings. The van der Waals surface area contributed by atoms with Crippen LogP contribution in [-0.4, -0.2) is 23.6 Å². The molecule has 0 saturated carbocycles. The van der Waals surface area contributed by atoms with Gasteiger partial charge in [0.25, 0.3) is 0 Å². The first-order valence-electron chi connectivity index (χ1n) is 4.79. The SMILES string of the molecule is CCCN(C)Cc1ccc(O)c(F)c1. The molecular weight excluding hydrogens is 181 g/mol. The number of phenols is 1. The molecule has 0 heterocycles. The molecule has 0 spiro atoms. The second-order valence-corrected chi connectivity index (χ2v) is 3.52. The predicted molar refractivity (Wildman–Crippen MR) is 54.7 cm³/mol. The smallest absolute Gasteiger partial charge is 0.165 e. The van der Waals surface area contributed by atoms with Crippen LogP contribution in [0, 0.1) is 5.82 Å². The zero-order chi connectivity index (χ0) is 10.6. The highest BCUT2D eigenvalue weighted by Crippen LogP contribution is 2.16. The van der Waals surface area contributed by atoms with Crippen LogP contribution in [0.4, 0.5) is 4.39 Å². The molecule has 0 saturated heterocycles. The molecule has 0 atom stereocenters. The highest BCUT2D eigenvalue weighted by atomic mass is 19.1. The van der Waals surface area contributed by atoms with E-state index in [9.17, 15) is 4.39 Å². The van der Waals surface area contributed by atoms with Gasteiger partial charge < -0.3 is 10.0 Å². The first-order chi connectivity index (χ1) is 6.63. The van der Waals surface area contributed by atoms with Gasteiger partial charge in [-0.25, -0.2) is 4.39 Å². The predicted octanol–water partition coefficient (Wildman–Crippen LogP) is 2.37. The minimum absolute atomic E-state index is 0.285. The van der Waals surface area contributed by atoms with Gasteiger partial charge in [0.05, 0.1) is 0 Å². The van der Waals surface area contributed by atoms with E-state index in [1.54, 1.807) is 6.07 Å². The minimum atomic E-state index is -0.549. The molecule has 0 unspecified atom stereocenters.